The number of carboxylic acid groups (broad SMARTS) is 1. The van der Waals surface area contributed by atoms with Gasteiger partial charge >= 0.3 is 5.97 Å². The Morgan fingerprint density at radius 1 is 1.42 bits per heavy atom. The van der Waals surface area contributed by atoms with Crippen molar-refractivity contribution in [3.63, 3.8) is 0 Å². The summed E-state index contributed by atoms with van der Waals surface area (Å²) in [5.74, 6) is 0.806. The molecule has 3 heteroatoms. The molecule has 0 bridgehead atoms. The first-order valence-corrected chi connectivity index (χ1v) is 4.66. The molecular formula is C9H17NO2. The Bertz CT molecular complexity index is 159. The molecule has 0 saturated heterocycles. The van der Waals surface area contributed by atoms with E-state index in [-0.39, 0.29) is 0 Å². The molecule has 2 unspecified atom stereocenters. The van der Waals surface area contributed by atoms with Crippen molar-refractivity contribution in [1.29, 1.82) is 0 Å². The molecular weight excluding hydrogens is 154 g/mol. The highest BCUT2D eigenvalue weighted by Gasteiger charge is 2.35. The number of carboxylic acids is 1. The molecule has 70 valence electrons. The van der Waals surface area contributed by atoms with Crippen LogP contribution in [0, 0.1) is 11.8 Å². The van der Waals surface area contributed by atoms with E-state index in [1.54, 1.807) is 0 Å². The lowest BCUT2D eigenvalue weighted by Crippen LogP contribution is -1.99. The van der Waals surface area contributed by atoms with Gasteiger partial charge in [-0.05, 0) is 44.1 Å². The van der Waals surface area contributed by atoms with Crippen LogP contribution in [0.3, 0.4) is 0 Å². The zero-order valence-electron chi connectivity index (χ0n) is 7.33. The number of aliphatic carboxylic acids is 1. The standard InChI is InChI=1S/C9H17NO2/c10-5-1-2-7-6-8(7)3-4-9(11)12/h7-8H,1-6,10H2,(H,11,12). The van der Waals surface area contributed by atoms with Crippen molar-refractivity contribution in [2.24, 2.45) is 17.6 Å². The van der Waals surface area contributed by atoms with Crippen molar-refractivity contribution in [3.05, 3.63) is 0 Å². The van der Waals surface area contributed by atoms with Crippen LogP contribution in [0.15, 0.2) is 0 Å². The molecule has 0 aliphatic heterocycles. The summed E-state index contributed by atoms with van der Waals surface area (Å²) in [4.78, 5) is 10.2. The van der Waals surface area contributed by atoms with E-state index < -0.39 is 5.97 Å². The lowest BCUT2D eigenvalue weighted by Gasteiger charge is -1.96. The summed E-state index contributed by atoms with van der Waals surface area (Å²) in [6, 6.07) is 0. The highest BCUT2D eigenvalue weighted by atomic mass is 16.4. The van der Waals surface area contributed by atoms with E-state index in [9.17, 15) is 4.79 Å². The first-order chi connectivity index (χ1) is 5.74. The fourth-order valence-electron chi connectivity index (χ4n) is 1.71. The van der Waals surface area contributed by atoms with Gasteiger partial charge in [0.05, 0.1) is 0 Å². The third-order valence-corrected chi connectivity index (χ3v) is 2.58. The molecule has 0 amide bonds. The van der Waals surface area contributed by atoms with Crippen molar-refractivity contribution in [2.45, 2.75) is 32.1 Å². The lowest BCUT2D eigenvalue weighted by molar-refractivity contribution is -0.137. The van der Waals surface area contributed by atoms with Crippen LogP contribution in [-0.4, -0.2) is 17.6 Å². The molecule has 12 heavy (non-hydrogen) atoms. The molecule has 0 spiro atoms. The number of hydrogen-bond acceptors (Lipinski definition) is 2. The van der Waals surface area contributed by atoms with Gasteiger partial charge in [0.2, 0.25) is 0 Å². The summed E-state index contributed by atoms with van der Waals surface area (Å²) >= 11 is 0. The summed E-state index contributed by atoms with van der Waals surface area (Å²) in [7, 11) is 0. The van der Waals surface area contributed by atoms with Gasteiger partial charge in [0.1, 0.15) is 0 Å². The van der Waals surface area contributed by atoms with Gasteiger partial charge in [-0.1, -0.05) is 0 Å². The van der Waals surface area contributed by atoms with Crippen molar-refractivity contribution in [1.82, 2.24) is 0 Å². The van der Waals surface area contributed by atoms with Gasteiger partial charge in [0.25, 0.3) is 0 Å². The van der Waals surface area contributed by atoms with E-state index in [0.29, 0.717) is 12.3 Å². The van der Waals surface area contributed by atoms with E-state index in [0.717, 1.165) is 25.3 Å². The zero-order valence-corrected chi connectivity index (χ0v) is 7.33. The molecule has 3 nitrogen and oxygen atoms in total. The van der Waals surface area contributed by atoms with Gasteiger partial charge in [-0.3, -0.25) is 4.79 Å². The average molecular weight is 171 g/mol. The van der Waals surface area contributed by atoms with Crippen molar-refractivity contribution < 1.29 is 9.90 Å². The predicted octanol–water partition coefficient (Wildman–Crippen LogP) is 1.23. The second-order valence-electron chi connectivity index (χ2n) is 3.62. The second kappa shape index (κ2) is 4.45. The van der Waals surface area contributed by atoms with E-state index in [2.05, 4.69) is 0 Å². The van der Waals surface area contributed by atoms with Crippen LogP contribution in [0.5, 0.6) is 0 Å². The van der Waals surface area contributed by atoms with Gasteiger partial charge in [-0.2, -0.15) is 0 Å². The number of carbonyl (C=O) groups is 1. The lowest BCUT2D eigenvalue weighted by atomic mass is 10.1. The first kappa shape index (κ1) is 9.52. The maximum Gasteiger partial charge on any atom is 0.303 e. The molecule has 0 aromatic rings. The quantitative estimate of drug-likeness (QED) is 0.631. The minimum Gasteiger partial charge on any atom is -0.481 e. The van der Waals surface area contributed by atoms with E-state index in [1.165, 1.54) is 12.8 Å². The summed E-state index contributed by atoms with van der Waals surface area (Å²) < 4.78 is 0. The smallest absolute Gasteiger partial charge is 0.303 e. The fraction of sp³-hybridized carbons (Fsp3) is 0.889. The molecule has 3 N–H and O–H groups in total. The van der Waals surface area contributed by atoms with Gasteiger partial charge < -0.3 is 10.8 Å². The molecule has 0 aromatic carbocycles. The number of rotatable bonds is 6. The Morgan fingerprint density at radius 3 is 2.67 bits per heavy atom. The van der Waals surface area contributed by atoms with Crippen LogP contribution in [0.1, 0.15) is 32.1 Å². The first-order valence-electron chi connectivity index (χ1n) is 4.66. The van der Waals surface area contributed by atoms with E-state index in [1.807, 2.05) is 0 Å². The van der Waals surface area contributed by atoms with Crippen LogP contribution < -0.4 is 5.73 Å². The minimum atomic E-state index is -0.667. The third-order valence-electron chi connectivity index (χ3n) is 2.58. The molecule has 2 atom stereocenters. The highest BCUT2D eigenvalue weighted by Crippen LogP contribution is 2.44. The summed E-state index contributed by atoms with van der Waals surface area (Å²) in [6.45, 7) is 0.766. The van der Waals surface area contributed by atoms with E-state index >= 15 is 0 Å². The number of hydrogen-bond donors (Lipinski definition) is 2. The minimum absolute atomic E-state index is 0.337. The van der Waals surface area contributed by atoms with Crippen molar-refractivity contribution in [2.75, 3.05) is 6.54 Å². The zero-order chi connectivity index (χ0) is 8.97. The summed E-state index contributed by atoms with van der Waals surface area (Å²) in [5.41, 5.74) is 5.38. The predicted molar refractivity (Wildman–Crippen MR) is 46.8 cm³/mol. The van der Waals surface area contributed by atoms with Gasteiger partial charge in [0.15, 0.2) is 0 Å². The molecule has 1 aliphatic rings. The Hall–Kier alpha value is -0.570. The van der Waals surface area contributed by atoms with Crippen molar-refractivity contribution >= 4 is 5.97 Å². The fourth-order valence-corrected chi connectivity index (χ4v) is 1.71. The van der Waals surface area contributed by atoms with Crippen LogP contribution in [-0.2, 0) is 4.79 Å². The topological polar surface area (TPSA) is 63.3 Å². The molecule has 1 aliphatic carbocycles. The van der Waals surface area contributed by atoms with Gasteiger partial charge in [-0.15, -0.1) is 0 Å². The van der Waals surface area contributed by atoms with Gasteiger partial charge in [0, 0.05) is 6.42 Å². The SMILES string of the molecule is NCCCC1CC1CCC(=O)O. The molecule has 0 radical (unpaired) electrons. The molecule has 1 fully saturated rings. The maximum atomic E-state index is 10.2. The largest absolute Gasteiger partial charge is 0.481 e. The van der Waals surface area contributed by atoms with Crippen LogP contribution in [0.4, 0.5) is 0 Å². The van der Waals surface area contributed by atoms with Crippen LogP contribution >= 0.6 is 0 Å². The molecule has 1 saturated carbocycles. The van der Waals surface area contributed by atoms with Crippen molar-refractivity contribution in [3.8, 4) is 0 Å². The van der Waals surface area contributed by atoms with Crippen LogP contribution in [0.25, 0.3) is 0 Å². The van der Waals surface area contributed by atoms with Crippen LogP contribution in [0.2, 0.25) is 0 Å². The van der Waals surface area contributed by atoms with E-state index in [4.69, 9.17) is 10.8 Å². The summed E-state index contributed by atoms with van der Waals surface area (Å²) in [5, 5.41) is 8.43. The average Bonchev–Trinajstić information content (AvgIpc) is 2.76. The summed E-state index contributed by atoms with van der Waals surface area (Å²) in [6.07, 6.45) is 4.72. The Kier molecular flexibility index (Phi) is 3.53. The second-order valence-corrected chi connectivity index (χ2v) is 3.62. The molecule has 0 aromatic heterocycles. The maximum absolute atomic E-state index is 10.2. The third kappa shape index (κ3) is 3.22. The Balaban J connectivity index is 1.97. The number of nitrogens with two attached hydrogens (primary N) is 1. The monoisotopic (exact) mass is 171 g/mol. The normalized spacial score (nSPS) is 27.1. The molecule has 0 heterocycles. The highest BCUT2D eigenvalue weighted by molar-refractivity contribution is 5.66. The Morgan fingerprint density at radius 2 is 2.08 bits per heavy atom. The molecule has 1 rings (SSSR count). The van der Waals surface area contributed by atoms with Gasteiger partial charge in [-0.25, -0.2) is 0 Å². The Labute approximate surface area is 72.9 Å².